The fraction of sp³-hybridized carbons (Fsp3) is 0.292. The molecule has 0 radical (unpaired) electrons. The van der Waals surface area contributed by atoms with Gasteiger partial charge in [-0.15, -0.1) is 11.3 Å². The largest absolute Gasteiger partial charge is 0.457 e. The van der Waals surface area contributed by atoms with Crippen LogP contribution in [0.5, 0.6) is 0 Å². The molecule has 2 nitrogen and oxygen atoms in total. The van der Waals surface area contributed by atoms with Crippen molar-refractivity contribution in [3.05, 3.63) is 73.7 Å². The van der Waals surface area contributed by atoms with Crippen LogP contribution in [0.3, 0.4) is 0 Å². The van der Waals surface area contributed by atoms with Crippen LogP contribution in [0.25, 0.3) is 24.0 Å². The Hall–Kier alpha value is -2.17. The van der Waals surface area contributed by atoms with Crippen molar-refractivity contribution in [3.63, 3.8) is 0 Å². The molecule has 4 heteroatoms. The molecule has 2 heterocycles. The summed E-state index contributed by atoms with van der Waals surface area (Å²) < 4.78 is 9.93. The fourth-order valence-electron chi connectivity index (χ4n) is 2.82. The number of thiazole rings is 1. The number of aromatic nitrogens is 1. The molecule has 0 aliphatic carbocycles. The maximum Gasteiger partial charge on any atom is 0.162 e. The summed E-state index contributed by atoms with van der Waals surface area (Å²) in [6, 6.07) is 12.6. The predicted octanol–water partition coefficient (Wildman–Crippen LogP) is 6.50. The van der Waals surface area contributed by atoms with Gasteiger partial charge in [0.05, 0.1) is 15.9 Å². The number of nitrogens with zero attached hydrogens (tertiary/aromatic N) is 1. The summed E-state index contributed by atoms with van der Waals surface area (Å²) in [6.45, 7) is 18.5. The summed E-state index contributed by atoms with van der Waals surface area (Å²) in [6.07, 6.45) is 3.02. The van der Waals surface area contributed by atoms with Crippen molar-refractivity contribution >= 4 is 36.2 Å². The molecule has 1 aromatic carbocycles. The van der Waals surface area contributed by atoms with Crippen molar-refractivity contribution < 1.29 is 4.42 Å². The van der Waals surface area contributed by atoms with Gasteiger partial charge in [0.25, 0.3) is 0 Å². The molecule has 3 rings (SSSR count). The second-order valence-electron chi connectivity index (χ2n) is 6.47. The summed E-state index contributed by atoms with van der Waals surface area (Å²) in [7, 11) is 0. The molecule has 148 valence electrons. The summed E-state index contributed by atoms with van der Waals surface area (Å²) in [5.41, 5.74) is 3.46. The second-order valence-corrected chi connectivity index (χ2v) is 8.15. The highest BCUT2D eigenvalue weighted by atomic mass is 32.1. The van der Waals surface area contributed by atoms with Crippen molar-refractivity contribution in [3.8, 4) is 11.3 Å². The van der Waals surface area contributed by atoms with Crippen molar-refractivity contribution in [1.29, 1.82) is 0 Å². The average molecular weight is 412 g/mol. The van der Waals surface area contributed by atoms with Gasteiger partial charge in [0, 0.05) is 11.6 Å². The number of allylic oxidation sites excluding steroid dienone is 1. The van der Waals surface area contributed by atoms with E-state index in [0.29, 0.717) is 0 Å². The van der Waals surface area contributed by atoms with Crippen molar-refractivity contribution in [2.45, 2.75) is 47.1 Å². The molecule has 0 aliphatic heterocycles. The molecule has 2 aromatic heterocycles. The van der Waals surface area contributed by atoms with Gasteiger partial charge >= 0.3 is 0 Å². The molecule has 0 N–H and O–H groups in total. The molecule has 0 aliphatic rings. The normalized spacial score (nSPS) is 12.4. The first-order valence-electron chi connectivity index (χ1n) is 9.67. The third kappa shape index (κ3) is 4.81. The van der Waals surface area contributed by atoms with Gasteiger partial charge in [0.2, 0.25) is 0 Å². The number of hydrogen-bond acceptors (Lipinski definition) is 3. The zero-order valence-electron chi connectivity index (χ0n) is 17.4. The minimum absolute atomic E-state index is 0.136. The topological polar surface area (TPSA) is 18.1 Å². The maximum atomic E-state index is 6.05. The SMILES string of the molecule is C=C(C)C(C)n1c(=S)s/c(=C/c2ccc(-c3cccc(CC)c3)o2)c1=C.CC. The third-order valence-electron chi connectivity index (χ3n) is 4.59. The number of rotatable bonds is 5. The van der Waals surface area contributed by atoms with Crippen molar-refractivity contribution in [1.82, 2.24) is 4.57 Å². The van der Waals surface area contributed by atoms with Crippen LogP contribution in [0.2, 0.25) is 0 Å². The Morgan fingerprint density at radius 3 is 2.64 bits per heavy atom. The number of hydrogen-bond donors (Lipinski definition) is 0. The molecule has 0 saturated carbocycles. The molecule has 1 unspecified atom stereocenters. The Kier molecular flexibility index (Phi) is 7.78. The Labute approximate surface area is 177 Å². The van der Waals surface area contributed by atoms with Gasteiger partial charge in [0.1, 0.15) is 11.5 Å². The van der Waals surface area contributed by atoms with Crippen LogP contribution in [0.4, 0.5) is 0 Å². The van der Waals surface area contributed by atoms with Gasteiger partial charge in [-0.2, -0.15) is 0 Å². The van der Waals surface area contributed by atoms with Gasteiger partial charge in [0.15, 0.2) is 3.95 Å². The minimum Gasteiger partial charge on any atom is -0.457 e. The Bertz CT molecular complexity index is 1110. The first-order valence-corrected chi connectivity index (χ1v) is 10.9. The number of aryl methyl sites for hydroxylation is 1. The molecule has 0 bridgehead atoms. The molecule has 28 heavy (non-hydrogen) atoms. The lowest BCUT2D eigenvalue weighted by atomic mass is 10.1. The number of furan rings is 1. The summed E-state index contributed by atoms with van der Waals surface area (Å²) >= 11 is 7.08. The van der Waals surface area contributed by atoms with E-state index in [1.165, 1.54) is 5.56 Å². The van der Waals surface area contributed by atoms with Crippen molar-refractivity contribution in [2.24, 2.45) is 0 Å². The summed E-state index contributed by atoms with van der Waals surface area (Å²) in [4.78, 5) is 0. The van der Waals surface area contributed by atoms with E-state index in [2.05, 4.69) is 55.8 Å². The number of benzene rings is 1. The smallest absolute Gasteiger partial charge is 0.162 e. The quantitative estimate of drug-likeness (QED) is 0.352. The van der Waals surface area contributed by atoms with Crippen LogP contribution in [-0.2, 0) is 6.42 Å². The molecule has 0 spiro atoms. The molecule has 0 fully saturated rings. The zero-order chi connectivity index (χ0) is 20.8. The van der Waals surface area contributed by atoms with E-state index in [-0.39, 0.29) is 6.04 Å². The van der Waals surface area contributed by atoms with E-state index in [1.54, 1.807) is 11.3 Å². The monoisotopic (exact) mass is 411 g/mol. The van der Waals surface area contributed by atoms with E-state index >= 15 is 0 Å². The highest BCUT2D eigenvalue weighted by molar-refractivity contribution is 7.73. The fourth-order valence-corrected chi connectivity index (χ4v) is 4.30. The van der Waals surface area contributed by atoms with Gasteiger partial charge in [-0.3, -0.25) is 0 Å². The first-order chi connectivity index (χ1) is 13.4. The summed E-state index contributed by atoms with van der Waals surface area (Å²) in [5, 5.41) is 0.904. The minimum atomic E-state index is 0.136. The average Bonchev–Trinajstić information content (AvgIpc) is 3.27. The highest BCUT2D eigenvalue weighted by Crippen LogP contribution is 2.23. The molecule has 1 atom stereocenters. The zero-order valence-corrected chi connectivity index (χ0v) is 19.0. The van der Waals surface area contributed by atoms with E-state index in [0.717, 1.165) is 42.9 Å². The Balaban J connectivity index is 0.00000136. The maximum absolute atomic E-state index is 6.05. The molecule has 3 aromatic rings. The first kappa shape index (κ1) is 22.1. The van der Waals surface area contributed by atoms with Gasteiger partial charge in [-0.05, 0) is 56.2 Å². The van der Waals surface area contributed by atoms with Gasteiger partial charge in [-0.25, -0.2) is 0 Å². The third-order valence-corrected chi connectivity index (χ3v) is 5.98. The predicted molar refractivity (Wildman–Crippen MR) is 126 cm³/mol. The van der Waals surface area contributed by atoms with Crippen LogP contribution >= 0.6 is 23.6 Å². The van der Waals surface area contributed by atoms with Crippen LogP contribution in [-0.4, -0.2) is 4.57 Å². The van der Waals surface area contributed by atoms with Crippen LogP contribution in [0, 0.1) is 3.95 Å². The lowest BCUT2D eigenvalue weighted by molar-refractivity contribution is 0.571. The lowest BCUT2D eigenvalue weighted by Gasteiger charge is -2.13. The highest BCUT2D eigenvalue weighted by Gasteiger charge is 2.10. The second kappa shape index (κ2) is 9.85. The van der Waals surface area contributed by atoms with E-state index < -0.39 is 0 Å². The standard InChI is InChI=1S/C22H23NOS2.C2H6/c1-6-17-8-7-9-18(12-17)20-11-10-19(24-20)13-21-16(5)23(22(25)26-21)15(4)14(2)3;1-2/h7-13,15H,2,5-6H2,1,3-4H3;1-2H3/b21-13+;. The van der Waals surface area contributed by atoms with Crippen LogP contribution < -0.4 is 9.88 Å². The van der Waals surface area contributed by atoms with E-state index in [1.807, 2.05) is 39.0 Å². The Morgan fingerprint density at radius 2 is 2.00 bits per heavy atom. The van der Waals surface area contributed by atoms with E-state index in [9.17, 15) is 0 Å². The molecule has 0 saturated heterocycles. The summed E-state index contributed by atoms with van der Waals surface area (Å²) in [5.74, 6) is 1.67. The van der Waals surface area contributed by atoms with Gasteiger partial charge < -0.3 is 8.98 Å². The van der Waals surface area contributed by atoms with E-state index in [4.69, 9.17) is 16.6 Å². The van der Waals surface area contributed by atoms with Crippen molar-refractivity contribution in [2.75, 3.05) is 0 Å². The molecular weight excluding hydrogens is 382 g/mol. The van der Waals surface area contributed by atoms with Crippen LogP contribution in [0.1, 0.15) is 52.0 Å². The van der Waals surface area contributed by atoms with Gasteiger partial charge in [-0.1, -0.05) is 57.7 Å². The molecule has 0 amide bonds. The molecular formula is C24H29NOS2. The lowest BCUT2D eigenvalue weighted by Crippen LogP contribution is -2.29. The Morgan fingerprint density at radius 1 is 1.29 bits per heavy atom. The van der Waals surface area contributed by atoms with Crippen LogP contribution in [0.15, 0.2) is 53.0 Å².